The summed E-state index contributed by atoms with van der Waals surface area (Å²) in [7, 11) is 0. The quantitative estimate of drug-likeness (QED) is 0.868. The van der Waals surface area contributed by atoms with E-state index in [4.69, 9.17) is 0 Å². The number of aromatic nitrogens is 2. The van der Waals surface area contributed by atoms with Crippen molar-refractivity contribution in [2.75, 3.05) is 11.9 Å². The topological polar surface area (TPSA) is 46.9 Å². The lowest BCUT2D eigenvalue weighted by atomic mass is 10.2. The molecule has 1 aromatic heterocycles. The van der Waals surface area contributed by atoms with Crippen molar-refractivity contribution in [1.29, 1.82) is 0 Å². The molecule has 0 unspecified atom stereocenters. The molecule has 0 atom stereocenters. The van der Waals surface area contributed by atoms with Crippen molar-refractivity contribution in [1.82, 2.24) is 9.78 Å². The molecule has 4 heteroatoms. The molecule has 0 bridgehead atoms. The van der Waals surface area contributed by atoms with E-state index in [2.05, 4.69) is 10.4 Å². The number of nitrogens with zero attached hydrogens (tertiary/aromatic N) is 2. The van der Waals surface area contributed by atoms with Crippen LogP contribution < -0.4 is 10.9 Å². The Morgan fingerprint density at radius 2 is 2.06 bits per heavy atom. The molecule has 0 aliphatic rings. The third-order valence-electron chi connectivity index (χ3n) is 2.43. The van der Waals surface area contributed by atoms with Gasteiger partial charge in [-0.25, -0.2) is 4.68 Å². The van der Waals surface area contributed by atoms with Crippen LogP contribution in [0.2, 0.25) is 0 Å². The molecule has 0 aliphatic heterocycles. The van der Waals surface area contributed by atoms with Gasteiger partial charge < -0.3 is 5.32 Å². The Labute approximate surface area is 99.9 Å². The minimum absolute atomic E-state index is 0.0905. The smallest absolute Gasteiger partial charge is 0.269 e. The molecule has 0 amide bonds. The SMILES string of the molecule is CCNc1cnn(Cc2ccccc2)c(=O)c1. The highest BCUT2D eigenvalue weighted by Crippen LogP contribution is 2.02. The molecule has 17 heavy (non-hydrogen) atoms. The molecule has 88 valence electrons. The van der Waals surface area contributed by atoms with Crippen LogP contribution in [-0.2, 0) is 6.54 Å². The van der Waals surface area contributed by atoms with E-state index in [0.29, 0.717) is 6.54 Å². The first-order valence-corrected chi connectivity index (χ1v) is 5.64. The van der Waals surface area contributed by atoms with E-state index in [1.54, 1.807) is 12.3 Å². The van der Waals surface area contributed by atoms with Crippen LogP contribution >= 0.6 is 0 Å². The fourth-order valence-corrected chi connectivity index (χ4v) is 1.61. The van der Waals surface area contributed by atoms with Crippen molar-refractivity contribution in [3.05, 3.63) is 58.5 Å². The lowest BCUT2D eigenvalue weighted by Crippen LogP contribution is -2.23. The van der Waals surface area contributed by atoms with E-state index in [-0.39, 0.29) is 5.56 Å². The second-order valence-corrected chi connectivity index (χ2v) is 3.76. The molecule has 0 fully saturated rings. The van der Waals surface area contributed by atoms with E-state index < -0.39 is 0 Å². The van der Waals surface area contributed by atoms with Crippen molar-refractivity contribution in [3.8, 4) is 0 Å². The van der Waals surface area contributed by atoms with Crippen molar-refractivity contribution < 1.29 is 0 Å². The van der Waals surface area contributed by atoms with Crippen LogP contribution in [0, 0.1) is 0 Å². The van der Waals surface area contributed by atoms with E-state index in [9.17, 15) is 4.79 Å². The van der Waals surface area contributed by atoms with Crippen molar-refractivity contribution in [2.45, 2.75) is 13.5 Å². The Balaban J connectivity index is 2.20. The van der Waals surface area contributed by atoms with Gasteiger partial charge in [0.15, 0.2) is 0 Å². The van der Waals surface area contributed by atoms with Crippen LogP contribution in [0.1, 0.15) is 12.5 Å². The van der Waals surface area contributed by atoms with Gasteiger partial charge >= 0.3 is 0 Å². The normalized spacial score (nSPS) is 10.2. The standard InChI is InChI=1S/C13H15N3O/c1-2-14-12-8-13(17)16(15-9-12)10-11-6-4-3-5-7-11/h3-9,14H,2,10H2,1H3. The van der Waals surface area contributed by atoms with Crippen LogP contribution in [0.5, 0.6) is 0 Å². The van der Waals surface area contributed by atoms with Crippen molar-refractivity contribution in [2.24, 2.45) is 0 Å². The Bertz CT molecular complexity index is 534. The zero-order valence-corrected chi connectivity index (χ0v) is 9.76. The van der Waals surface area contributed by atoms with Gasteiger partial charge in [-0.15, -0.1) is 0 Å². The molecule has 0 radical (unpaired) electrons. The molecular formula is C13H15N3O. The number of hydrogen-bond donors (Lipinski definition) is 1. The Morgan fingerprint density at radius 1 is 1.29 bits per heavy atom. The predicted octanol–water partition coefficient (Wildman–Crippen LogP) is 1.72. The van der Waals surface area contributed by atoms with E-state index in [0.717, 1.165) is 17.8 Å². The zero-order valence-electron chi connectivity index (χ0n) is 9.76. The van der Waals surface area contributed by atoms with Gasteiger partial charge in [-0.3, -0.25) is 4.79 Å². The fraction of sp³-hybridized carbons (Fsp3) is 0.231. The average molecular weight is 229 g/mol. The average Bonchev–Trinajstić information content (AvgIpc) is 2.34. The van der Waals surface area contributed by atoms with Gasteiger partial charge in [-0.05, 0) is 12.5 Å². The number of hydrogen-bond acceptors (Lipinski definition) is 3. The molecule has 0 saturated carbocycles. The van der Waals surface area contributed by atoms with E-state index in [1.807, 2.05) is 37.3 Å². The van der Waals surface area contributed by atoms with Crippen LogP contribution in [-0.4, -0.2) is 16.3 Å². The molecule has 0 aliphatic carbocycles. The fourth-order valence-electron chi connectivity index (χ4n) is 1.61. The van der Waals surface area contributed by atoms with Gasteiger partial charge in [0.05, 0.1) is 18.4 Å². The third-order valence-corrected chi connectivity index (χ3v) is 2.43. The highest BCUT2D eigenvalue weighted by molar-refractivity contribution is 5.38. The molecule has 1 aromatic carbocycles. The lowest BCUT2D eigenvalue weighted by Gasteiger charge is -2.06. The summed E-state index contributed by atoms with van der Waals surface area (Å²) in [6, 6.07) is 11.4. The number of anilines is 1. The maximum Gasteiger partial charge on any atom is 0.269 e. The Hall–Kier alpha value is -2.10. The van der Waals surface area contributed by atoms with Crippen LogP contribution in [0.15, 0.2) is 47.4 Å². The largest absolute Gasteiger partial charge is 0.384 e. The summed E-state index contributed by atoms with van der Waals surface area (Å²) in [6.45, 7) is 3.27. The first kappa shape index (κ1) is 11.4. The summed E-state index contributed by atoms with van der Waals surface area (Å²) in [5, 5.41) is 7.20. The van der Waals surface area contributed by atoms with Crippen LogP contribution in [0.25, 0.3) is 0 Å². The van der Waals surface area contributed by atoms with Gasteiger partial charge in [-0.2, -0.15) is 5.10 Å². The first-order chi connectivity index (χ1) is 8.29. The summed E-state index contributed by atoms with van der Waals surface area (Å²) in [6.07, 6.45) is 1.67. The molecule has 2 aromatic rings. The highest BCUT2D eigenvalue weighted by Gasteiger charge is 2.00. The predicted molar refractivity (Wildman–Crippen MR) is 68.2 cm³/mol. The molecule has 1 N–H and O–H groups in total. The summed E-state index contributed by atoms with van der Waals surface area (Å²) < 4.78 is 1.45. The maximum absolute atomic E-state index is 11.8. The first-order valence-electron chi connectivity index (χ1n) is 5.64. The molecule has 0 spiro atoms. The Kier molecular flexibility index (Phi) is 3.55. The minimum Gasteiger partial charge on any atom is -0.384 e. The molecule has 0 saturated heterocycles. The third kappa shape index (κ3) is 2.93. The number of rotatable bonds is 4. The summed E-state index contributed by atoms with van der Waals surface area (Å²) in [5.74, 6) is 0. The number of benzene rings is 1. The lowest BCUT2D eigenvalue weighted by molar-refractivity contribution is 0.639. The number of nitrogens with one attached hydrogen (secondary N) is 1. The summed E-state index contributed by atoms with van der Waals surface area (Å²) >= 11 is 0. The van der Waals surface area contributed by atoms with Gasteiger partial charge in [0.1, 0.15) is 0 Å². The van der Waals surface area contributed by atoms with Crippen molar-refractivity contribution >= 4 is 5.69 Å². The van der Waals surface area contributed by atoms with E-state index in [1.165, 1.54) is 4.68 Å². The maximum atomic E-state index is 11.8. The minimum atomic E-state index is -0.0905. The molecular weight excluding hydrogens is 214 g/mol. The summed E-state index contributed by atoms with van der Waals surface area (Å²) in [4.78, 5) is 11.8. The van der Waals surface area contributed by atoms with Gasteiger partial charge in [0.2, 0.25) is 0 Å². The summed E-state index contributed by atoms with van der Waals surface area (Å²) in [5.41, 5.74) is 1.74. The van der Waals surface area contributed by atoms with E-state index >= 15 is 0 Å². The van der Waals surface area contributed by atoms with Crippen molar-refractivity contribution in [3.63, 3.8) is 0 Å². The van der Waals surface area contributed by atoms with Gasteiger partial charge in [0.25, 0.3) is 5.56 Å². The molecule has 4 nitrogen and oxygen atoms in total. The van der Waals surface area contributed by atoms with Gasteiger partial charge in [-0.1, -0.05) is 30.3 Å². The second kappa shape index (κ2) is 5.30. The molecule has 2 rings (SSSR count). The van der Waals surface area contributed by atoms with Gasteiger partial charge in [0, 0.05) is 12.6 Å². The van der Waals surface area contributed by atoms with Crippen LogP contribution in [0.4, 0.5) is 5.69 Å². The zero-order chi connectivity index (χ0) is 12.1. The van der Waals surface area contributed by atoms with Crippen LogP contribution in [0.3, 0.4) is 0 Å². The molecule has 1 heterocycles. The second-order valence-electron chi connectivity index (χ2n) is 3.76. The Morgan fingerprint density at radius 3 is 2.71 bits per heavy atom. The highest BCUT2D eigenvalue weighted by atomic mass is 16.1. The monoisotopic (exact) mass is 229 g/mol.